The van der Waals surface area contributed by atoms with Gasteiger partial charge in [0.1, 0.15) is 0 Å². The van der Waals surface area contributed by atoms with Crippen LogP contribution in [-0.2, 0) is 19.1 Å². The molecule has 0 spiro atoms. The largest absolute Gasteiger partial charge is 0.452 e. The van der Waals surface area contributed by atoms with E-state index in [1.807, 2.05) is 31.2 Å². The Labute approximate surface area is 179 Å². The van der Waals surface area contributed by atoms with Gasteiger partial charge in [-0.2, -0.15) is 0 Å². The van der Waals surface area contributed by atoms with Gasteiger partial charge in [-0.05, 0) is 49.6 Å². The molecular weight excluding hydrogens is 396 g/mol. The summed E-state index contributed by atoms with van der Waals surface area (Å²) in [4.78, 5) is 51.2. The molecule has 0 saturated carbocycles. The fourth-order valence-corrected chi connectivity index (χ4v) is 3.94. The number of esters is 1. The summed E-state index contributed by atoms with van der Waals surface area (Å²) in [7, 11) is 0. The molecule has 2 aliphatic rings. The number of carbonyl (C=O) groups excluding carboxylic acids is 4. The van der Waals surface area contributed by atoms with Gasteiger partial charge in [-0.25, -0.2) is 4.79 Å². The summed E-state index contributed by atoms with van der Waals surface area (Å²) in [5.74, 6) is -2.36. The average Bonchev–Trinajstić information content (AvgIpc) is 3.04. The number of nitrogens with zero attached hydrogens (tertiary/aromatic N) is 1. The molecule has 1 aliphatic carbocycles. The number of aryl methyl sites for hydroxylation is 1. The number of carbonyl (C=O) groups is 4. The van der Waals surface area contributed by atoms with Gasteiger partial charge in [0, 0.05) is 5.69 Å². The smallest absolute Gasteiger partial charge is 0.338 e. The molecule has 0 unspecified atom stereocenters. The molecular formula is C24H22N2O5. The van der Waals surface area contributed by atoms with Crippen molar-refractivity contribution < 1.29 is 23.9 Å². The highest BCUT2D eigenvalue weighted by Gasteiger charge is 2.47. The van der Waals surface area contributed by atoms with Gasteiger partial charge in [-0.1, -0.05) is 36.4 Å². The van der Waals surface area contributed by atoms with Crippen molar-refractivity contribution in [1.82, 2.24) is 0 Å². The van der Waals surface area contributed by atoms with E-state index >= 15 is 0 Å². The van der Waals surface area contributed by atoms with Gasteiger partial charge in [0.2, 0.25) is 11.8 Å². The van der Waals surface area contributed by atoms with Gasteiger partial charge < -0.3 is 10.1 Å². The van der Waals surface area contributed by atoms with Crippen molar-refractivity contribution in [2.45, 2.75) is 19.8 Å². The number of imide groups is 1. The number of hydrogen-bond acceptors (Lipinski definition) is 5. The number of ether oxygens (including phenoxy) is 1. The van der Waals surface area contributed by atoms with Crippen molar-refractivity contribution in [2.24, 2.45) is 11.8 Å². The van der Waals surface area contributed by atoms with E-state index in [0.717, 1.165) is 10.5 Å². The number of amides is 3. The highest BCUT2D eigenvalue weighted by molar-refractivity contribution is 6.22. The van der Waals surface area contributed by atoms with Crippen LogP contribution in [0.25, 0.3) is 0 Å². The number of rotatable bonds is 5. The maximum Gasteiger partial charge on any atom is 0.338 e. The second-order valence-electron chi connectivity index (χ2n) is 7.66. The maximum atomic E-state index is 12.7. The molecule has 1 heterocycles. The van der Waals surface area contributed by atoms with Crippen LogP contribution in [0, 0.1) is 18.8 Å². The predicted octanol–water partition coefficient (Wildman–Crippen LogP) is 3.25. The monoisotopic (exact) mass is 418 g/mol. The quantitative estimate of drug-likeness (QED) is 0.457. The molecule has 0 radical (unpaired) electrons. The summed E-state index contributed by atoms with van der Waals surface area (Å²) in [6, 6.07) is 13.4. The van der Waals surface area contributed by atoms with E-state index in [1.54, 1.807) is 24.3 Å². The number of para-hydroxylation sites is 1. The minimum absolute atomic E-state index is 0.162. The third kappa shape index (κ3) is 4.12. The van der Waals surface area contributed by atoms with Crippen molar-refractivity contribution in [3.63, 3.8) is 0 Å². The summed E-state index contributed by atoms with van der Waals surface area (Å²) < 4.78 is 5.12. The molecule has 7 heteroatoms. The molecule has 1 fully saturated rings. The normalized spacial score (nSPS) is 19.8. The van der Waals surface area contributed by atoms with Gasteiger partial charge in [-0.15, -0.1) is 0 Å². The third-order valence-electron chi connectivity index (χ3n) is 5.60. The molecule has 1 aliphatic heterocycles. The molecule has 158 valence electrons. The zero-order valence-corrected chi connectivity index (χ0v) is 17.0. The van der Waals surface area contributed by atoms with Crippen LogP contribution >= 0.6 is 0 Å². The topological polar surface area (TPSA) is 92.8 Å². The number of nitrogens with one attached hydrogen (secondary N) is 1. The van der Waals surface area contributed by atoms with Gasteiger partial charge in [0.25, 0.3) is 5.91 Å². The summed E-state index contributed by atoms with van der Waals surface area (Å²) in [5.41, 5.74) is 2.04. The van der Waals surface area contributed by atoms with Crippen molar-refractivity contribution in [2.75, 3.05) is 16.8 Å². The van der Waals surface area contributed by atoms with Gasteiger partial charge in [-0.3, -0.25) is 19.3 Å². The Morgan fingerprint density at radius 3 is 2.35 bits per heavy atom. The lowest BCUT2D eigenvalue weighted by atomic mass is 9.85. The molecule has 1 N–H and O–H groups in total. The Hall–Kier alpha value is -3.74. The first kappa shape index (κ1) is 20.5. The Morgan fingerprint density at radius 2 is 1.68 bits per heavy atom. The van der Waals surface area contributed by atoms with E-state index < -0.39 is 18.5 Å². The molecule has 0 aromatic heterocycles. The number of anilines is 2. The lowest BCUT2D eigenvalue weighted by Gasteiger charge is -2.15. The van der Waals surface area contributed by atoms with Crippen LogP contribution in [0.15, 0.2) is 60.7 Å². The van der Waals surface area contributed by atoms with E-state index in [4.69, 9.17) is 4.74 Å². The second kappa shape index (κ2) is 8.55. The summed E-state index contributed by atoms with van der Waals surface area (Å²) in [6.07, 6.45) is 4.93. The summed E-state index contributed by atoms with van der Waals surface area (Å²) in [5, 5.41) is 2.69. The second-order valence-corrected chi connectivity index (χ2v) is 7.66. The molecule has 0 bridgehead atoms. The number of hydrogen-bond donors (Lipinski definition) is 1. The van der Waals surface area contributed by atoms with Crippen molar-refractivity contribution in [3.8, 4) is 0 Å². The first-order valence-electron chi connectivity index (χ1n) is 10.1. The van der Waals surface area contributed by atoms with E-state index in [2.05, 4.69) is 5.32 Å². The summed E-state index contributed by atoms with van der Waals surface area (Å²) in [6.45, 7) is 1.41. The fraction of sp³-hybridized carbons (Fsp3) is 0.250. The molecule has 31 heavy (non-hydrogen) atoms. The molecule has 2 aromatic carbocycles. The third-order valence-corrected chi connectivity index (χ3v) is 5.60. The van der Waals surface area contributed by atoms with E-state index in [-0.39, 0.29) is 29.2 Å². The van der Waals surface area contributed by atoms with Gasteiger partial charge >= 0.3 is 5.97 Å². The molecule has 1 saturated heterocycles. The Kier molecular flexibility index (Phi) is 5.66. The van der Waals surface area contributed by atoms with Crippen molar-refractivity contribution >= 4 is 35.1 Å². The molecule has 7 nitrogen and oxygen atoms in total. The molecule has 4 rings (SSSR count). The zero-order chi connectivity index (χ0) is 22.0. The van der Waals surface area contributed by atoms with Crippen LogP contribution in [0.5, 0.6) is 0 Å². The lowest BCUT2D eigenvalue weighted by molar-refractivity contribution is -0.122. The molecule has 2 aromatic rings. The Bertz CT molecular complexity index is 1060. The van der Waals surface area contributed by atoms with Crippen LogP contribution in [0.3, 0.4) is 0 Å². The highest BCUT2D eigenvalue weighted by Crippen LogP contribution is 2.37. The van der Waals surface area contributed by atoms with Crippen LogP contribution in [0.2, 0.25) is 0 Å². The zero-order valence-electron chi connectivity index (χ0n) is 17.0. The van der Waals surface area contributed by atoms with E-state index in [1.165, 1.54) is 12.1 Å². The maximum absolute atomic E-state index is 12.7. The van der Waals surface area contributed by atoms with Gasteiger partial charge in [0.15, 0.2) is 6.61 Å². The average molecular weight is 418 g/mol. The standard InChI is InChI=1S/C24H22N2O5/c1-15-7-2-5-12-20(15)25-21(27)14-31-24(30)16-8-6-9-17(13-16)26-22(28)18-10-3-4-11-19(18)23(26)29/h2-9,12-13,18-19H,10-11,14H2,1H3,(H,25,27)/t18-,19+. The highest BCUT2D eigenvalue weighted by atomic mass is 16.5. The molecule has 3 amide bonds. The first-order chi connectivity index (χ1) is 15.0. The van der Waals surface area contributed by atoms with E-state index in [9.17, 15) is 19.2 Å². The van der Waals surface area contributed by atoms with Gasteiger partial charge in [0.05, 0.1) is 23.1 Å². The first-order valence-corrected chi connectivity index (χ1v) is 10.1. The summed E-state index contributed by atoms with van der Waals surface area (Å²) >= 11 is 0. The van der Waals surface area contributed by atoms with Crippen LogP contribution in [-0.4, -0.2) is 30.3 Å². The van der Waals surface area contributed by atoms with Crippen LogP contribution in [0.1, 0.15) is 28.8 Å². The lowest BCUT2D eigenvalue weighted by Crippen LogP contribution is -2.31. The predicted molar refractivity (Wildman–Crippen MR) is 114 cm³/mol. The minimum atomic E-state index is -0.708. The minimum Gasteiger partial charge on any atom is -0.452 e. The number of benzene rings is 2. The fourth-order valence-electron chi connectivity index (χ4n) is 3.94. The van der Waals surface area contributed by atoms with E-state index in [0.29, 0.717) is 24.2 Å². The Morgan fingerprint density at radius 1 is 1.00 bits per heavy atom. The number of fused-ring (bicyclic) bond motifs is 1. The SMILES string of the molecule is Cc1ccccc1NC(=O)COC(=O)c1cccc(N2C(=O)[C@H]3CC=CC[C@H]3C2=O)c1. The molecule has 2 atom stereocenters. The van der Waals surface area contributed by atoms with Crippen molar-refractivity contribution in [1.29, 1.82) is 0 Å². The van der Waals surface area contributed by atoms with Crippen molar-refractivity contribution in [3.05, 3.63) is 71.8 Å². The Balaban J connectivity index is 1.42. The number of allylic oxidation sites excluding steroid dienone is 2. The van der Waals surface area contributed by atoms with Crippen LogP contribution < -0.4 is 10.2 Å². The van der Waals surface area contributed by atoms with Crippen LogP contribution in [0.4, 0.5) is 11.4 Å².